The van der Waals surface area contributed by atoms with Gasteiger partial charge in [0.05, 0.1) is 49.3 Å². The van der Waals surface area contributed by atoms with Crippen molar-refractivity contribution in [1.29, 1.82) is 0 Å². The third-order valence-electron chi connectivity index (χ3n) is 15.4. The van der Waals surface area contributed by atoms with Gasteiger partial charge in [0.1, 0.15) is 42.0 Å². The van der Waals surface area contributed by atoms with Gasteiger partial charge in [0.15, 0.2) is 18.4 Å². The van der Waals surface area contributed by atoms with Crippen LogP contribution >= 0.6 is 0 Å². The van der Waals surface area contributed by atoms with Crippen molar-refractivity contribution in [2.24, 2.45) is 23.7 Å². The van der Waals surface area contributed by atoms with E-state index in [-0.39, 0.29) is 36.8 Å². The van der Waals surface area contributed by atoms with Gasteiger partial charge in [0.25, 0.3) is 0 Å². The topological polar surface area (TPSA) is 170 Å². The van der Waals surface area contributed by atoms with Gasteiger partial charge in [-0.1, -0.05) is 69.6 Å². The van der Waals surface area contributed by atoms with Crippen LogP contribution in [0.5, 0.6) is 0 Å². The Labute approximate surface area is 379 Å². The van der Waals surface area contributed by atoms with Crippen molar-refractivity contribution in [3.8, 4) is 0 Å². The van der Waals surface area contributed by atoms with Crippen molar-refractivity contribution in [2.75, 3.05) is 20.8 Å². The van der Waals surface area contributed by atoms with Crippen molar-refractivity contribution in [1.82, 2.24) is 0 Å². The summed E-state index contributed by atoms with van der Waals surface area (Å²) in [6, 6.07) is 0. The lowest BCUT2D eigenvalue weighted by Gasteiger charge is -2.49. The molecular weight excluding hydrogens is 825 g/mol. The van der Waals surface area contributed by atoms with E-state index in [2.05, 4.69) is 32.9 Å². The molecule has 8 aliphatic rings. The number of aliphatic hydroxyl groups is 3. The van der Waals surface area contributed by atoms with Gasteiger partial charge < -0.3 is 62.7 Å². The molecule has 0 aromatic rings. The molecule has 0 radical (unpaired) electrons. The largest absolute Gasteiger partial charge is 0.462 e. The van der Waals surface area contributed by atoms with Crippen molar-refractivity contribution >= 4 is 5.97 Å². The molecule has 2 aliphatic carbocycles. The minimum Gasteiger partial charge on any atom is -0.462 e. The first kappa shape index (κ1) is 48.2. The molecule has 5 fully saturated rings. The summed E-state index contributed by atoms with van der Waals surface area (Å²) in [5.41, 5.74) is 0.166. The van der Waals surface area contributed by atoms with Gasteiger partial charge in [-0.15, -0.1) is 0 Å². The third-order valence-corrected chi connectivity index (χ3v) is 15.4. The summed E-state index contributed by atoms with van der Waals surface area (Å²) in [6.45, 7) is 11.9. The quantitative estimate of drug-likeness (QED) is 0.204. The van der Waals surface area contributed by atoms with E-state index in [9.17, 15) is 20.1 Å². The van der Waals surface area contributed by atoms with Gasteiger partial charge in [0.2, 0.25) is 0 Å². The molecule has 0 amide bonds. The molecule has 0 aromatic carbocycles. The first-order chi connectivity index (χ1) is 30.6. The average molecular weight is 899 g/mol. The predicted octanol–water partition coefficient (Wildman–Crippen LogP) is 5.91. The number of ether oxygens (including phenoxy) is 10. The van der Waals surface area contributed by atoms with Gasteiger partial charge in [-0.05, 0) is 75.7 Å². The van der Waals surface area contributed by atoms with Crippen LogP contribution in [0.2, 0.25) is 0 Å². The van der Waals surface area contributed by atoms with Crippen LogP contribution in [0.25, 0.3) is 0 Å². The van der Waals surface area contributed by atoms with Gasteiger partial charge in [-0.2, -0.15) is 0 Å². The Hall–Kier alpha value is -2.31. The summed E-state index contributed by atoms with van der Waals surface area (Å²) in [5, 5.41) is 34.3. The van der Waals surface area contributed by atoms with Crippen LogP contribution in [0.15, 0.2) is 59.3 Å². The highest BCUT2D eigenvalue weighted by Crippen LogP contribution is 2.48. The van der Waals surface area contributed by atoms with Gasteiger partial charge >= 0.3 is 5.97 Å². The summed E-state index contributed by atoms with van der Waals surface area (Å²) in [4.78, 5) is 14.4. The molecule has 4 saturated heterocycles. The number of esters is 1. The molecule has 358 valence electrons. The first-order valence-electron chi connectivity index (χ1n) is 24.0. The lowest BCUT2D eigenvalue weighted by atomic mass is 9.71. The van der Waals surface area contributed by atoms with Gasteiger partial charge in [0, 0.05) is 51.7 Å². The Morgan fingerprint density at radius 3 is 2.28 bits per heavy atom. The first-order valence-corrected chi connectivity index (χ1v) is 24.0. The minimum atomic E-state index is -1.83. The zero-order valence-electron chi connectivity index (χ0n) is 39.0. The summed E-state index contributed by atoms with van der Waals surface area (Å²) >= 11 is 0. The zero-order valence-corrected chi connectivity index (χ0v) is 39.0. The number of carbonyl (C=O) groups excluding carboxylic acids is 1. The Kier molecular flexibility index (Phi) is 15.1. The SMILES string of the molecule is CO[C@H]1C[C@@H](O[C@H]2[C@H](C)O[C@H](O[C@@H]3/C(C)=C/CC4C[C@@H](C[C@]5(C=C[C@H](C)[C@@H](C6CCCCC6)O5)O4)OC(=O)[C@@H]4C=C(C)[C@@H](O)C5OC/C(=C\C=C\[C@@H]3C)[C@]54O)C[C@@H]2OC)O[C@@H](C)[C@@H]1O. The minimum absolute atomic E-state index is 0.0242. The van der Waals surface area contributed by atoms with E-state index in [1.54, 1.807) is 40.2 Å². The number of aliphatic hydroxyl groups excluding tert-OH is 2. The number of allylic oxidation sites excluding steroid dienone is 2. The fraction of sp³-hybridized carbons (Fsp3) is 0.780. The molecule has 0 aromatic heterocycles. The van der Waals surface area contributed by atoms with Crippen LogP contribution in [0.4, 0.5) is 0 Å². The fourth-order valence-corrected chi connectivity index (χ4v) is 11.7. The van der Waals surface area contributed by atoms with E-state index in [0.717, 1.165) is 18.4 Å². The molecule has 1 spiro atoms. The molecule has 3 N–H and O–H groups in total. The normalized spacial score (nSPS) is 49.2. The second-order valence-corrected chi connectivity index (χ2v) is 20.0. The Bertz CT molecular complexity index is 1790. The molecule has 64 heavy (non-hydrogen) atoms. The predicted molar refractivity (Wildman–Crippen MR) is 234 cm³/mol. The number of hydrogen-bond acceptors (Lipinski definition) is 14. The lowest BCUT2D eigenvalue weighted by molar-refractivity contribution is -0.318. The van der Waals surface area contributed by atoms with Crippen LogP contribution in [-0.4, -0.2) is 139 Å². The second kappa shape index (κ2) is 20.1. The van der Waals surface area contributed by atoms with Crippen LogP contribution < -0.4 is 0 Å². The van der Waals surface area contributed by atoms with Crippen LogP contribution in [-0.2, 0) is 52.2 Å². The Morgan fingerprint density at radius 1 is 0.812 bits per heavy atom. The molecular formula is C50H74O14. The standard InChI is InChI=1S/C50H74O14/c1-27-13-12-16-34-26-57-47-42(51)30(4)21-37(50(34,47)54)48(53)60-36-22-35(63-49(25-36)20-19-29(3)45(64-49)33-14-10-9-11-15-33)18-17-28(2)44(27)61-41-24-39(56-8)46(32(6)59-41)62-40-23-38(55-7)43(52)31(5)58-40/h12-13,16-17,19-21,27,29,31-33,35-47,51-52,54H,9-11,14-15,18,22-26H2,1-8H3/b13-12+,28-17+,34-16+/t27-,29-,31-,32-,35?,36-,37-,38-,39-,40+,41+,42+,43-,44-,45-,46-,47?,49+,50+/m0/s1. The summed E-state index contributed by atoms with van der Waals surface area (Å²) in [6.07, 6.45) is 13.8. The second-order valence-electron chi connectivity index (χ2n) is 20.0. The third kappa shape index (κ3) is 9.82. The van der Waals surface area contributed by atoms with Crippen molar-refractivity contribution in [3.63, 3.8) is 0 Å². The highest BCUT2D eigenvalue weighted by Gasteiger charge is 2.60. The molecule has 6 aliphatic heterocycles. The molecule has 14 nitrogen and oxygen atoms in total. The Balaban J connectivity index is 1.08. The summed E-state index contributed by atoms with van der Waals surface area (Å²) < 4.78 is 64.1. The monoisotopic (exact) mass is 899 g/mol. The molecule has 2 bridgehead atoms. The summed E-state index contributed by atoms with van der Waals surface area (Å²) in [7, 11) is 3.23. The smallest absolute Gasteiger partial charge is 0.316 e. The van der Waals surface area contributed by atoms with E-state index in [1.807, 2.05) is 25.2 Å². The number of fused-ring (bicyclic) bond motifs is 2. The fourth-order valence-electron chi connectivity index (χ4n) is 11.7. The molecule has 14 heteroatoms. The average Bonchev–Trinajstić information content (AvgIpc) is 3.62. The van der Waals surface area contributed by atoms with Crippen molar-refractivity contribution < 1.29 is 67.5 Å². The van der Waals surface area contributed by atoms with Crippen molar-refractivity contribution in [2.45, 2.75) is 203 Å². The maximum absolute atomic E-state index is 14.4. The lowest BCUT2D eigenvalue weighted by Crippen LogP contribution is -2.58. The summed E-state index contributed by atoms with van der Waals surface area (Å²) in [5.74, 6) is -2.32. The number of rotatable bonds is 7. The van der Waals surface area contributed by atoms with E-state index in [0.29, 0.717) is 49.2 Å². The van der Waals surface area contributed by atoms with E-state index >= 15 is 0 Å². The maximum Gasteiger partial charge on any atom is 0.316 e. The molecule has 6 heterocycles. The van der Waals surface area contributed by atoms with E-state index in [1.165, 1.54) is 19.3 Å². The van der Waals surface area contributed by atoms with Crippen LogP contribution in [0, 0.1) is 23.7 Å². The van der Waals surface area contributed by atoms with Crippen LogP contribution in [0.3, 0.4) is 0 Å². The van der Waals surface area contributed by atoms with E-state index < -0.39 is 90.8 Å². The van der Waals surface area contributed by atoms with E-state index in [4.69, 9.17) is 47.4 Å². The number of carbonyl (C=O) groups is 1. The number of hydrogen-bond donors (Lipinski definition) is 3. The highest BCUT2D eigenvalue weighted by molar-refractivity contribution is 5.78. The maximum atomic E-state index is 14.4. The van der Waals surface area contributed by atoms with Crippen LogP contribution in [0.1, 0.15) is 106 Å². The zero-order chi connectivity index (χ0) is 45.5. The van der Waals surface area contributed by atoms with Gasteiger partial charge in [-0.25, -0.2) is 0 Å². The van der Waals surface area contributed by atoms with Gasteiger partial charge in [-0.3, -0.25) is 4.79 Å². The molecule has 1 saturated carbocycles. The number of methoxy groups -OCH3 is 2. The molecule has 8 rings (SSSR count). The Morgan fingerprint density at radius 2 is 1.53 bits per heavy atom. The molecule has 2 unspecified atom stereocenters. The highest BCUT2D eigenvalue weighted by atomic mass is 16.7. The van der Waals surface area contributed by atoms with Crippen molar-refractivity contribution in [3.05, 3.63) is 59.3 Å². The molecule has 19 atom stereocenters.